The molecule has 0 radical (unpaired) electrons. The van der Waals surface area contributed by atoms with Crippen LogP contribution in [0.5, 0.6) is 5.75 Å². The van der Waals surface area contributed by atoms with Crippen LogP contribution in [0.15, 0.2) is 24.3 Å². The van der Waals surface area contributed by atoms with Gasteiger partial charge < -0.3 is 20.1 Å². The van der Waals surface area contributed by atoms with Crippen LogP contribution in [0.1, 0.15) is 45.1 Å². The van der Waals surface area contributed by atoms with E-state index in [1.807, 2.05) is 24.3 Å². The highest BCUT2D eigenvalue weighted by Gasteiger charge is 2.18. The van der Waals surface area contributed by atoms with Crippen LogP contribution in [0.25, 0.3) is 0 Å². The summed E-state index contributed by atoms with van der Waals surface area (Å²) < 4.78 is 11.3. The Labute approximate surface area is 180 Å². The SMILES string of the molecule is CC(C)CCC(=O)NCC(=O)NCc1cccc(OCCN(C)C2CCOCC2)c1. The zero-order valence-electron chi connectivity index (χ0n) is 18.6. The molecule has 1 aromatic carbocycles. The van der Waals surface area contributed by atoms with Crippen molar-refractivity contribution in [2.24, 2.45) is 5.92 Å². The van der Waals surface area contributed by atoms with E-state index in [0.717, 1.165) is 50.3 Å². The van der Waals surface area contributed by atoms with Crippen LogP contribution in [0.4, 0.5) is 0 Å². The molecule has 0 unspecified atom stereocenters. The minimum atomic E-state index is -0.197. The number of ether oxygens (including phenoxy) is 2. The highest BCUT2D eigenvalue weighted by Crippen LogP contribution is 2.15. The third-order valence-electron chi connectivity index (χ3n) is 5.31. The zero-order valence-corrected chi connectivity index (χ0v) is 18.6. The Morgan fingerprint density at radius 1 is 1.20 bits per heavy atom. The van der Waals surface area contributed by atoms with Gasteiger partial charge in [-0.2, -0.15) is 0 Å². The molecule has 0 aliphatic carbocycles. The lowest BCUT2D eigenvalue weighted by atomic mass is 10.1. The molecule has 0 bridgehead atoms. The number of carbonyl (C=O) groups is 2. The van der Waals surface area contributed by atoms with Crippen molar-refractivity contribution < 1.29 is 19.1 Å². The number of hydrogen-bond donors (Lipinski definition) is 2. The number of rotatable bonds is 12. The van der Waals surface area contributed by atoms with E-state index in [-0.39, 0.29) is 18.4 Å². The summed E-state index contributed by atoms with van der Waals surface area (Å²) in [6.07, 6.45) is 3.42. The Morgan fingerprint density at radius 3 is 2.70 bits per heavy atom. The first kappa shape index (κ1) is 24.2. The number of carbonyl (C=O) groups excluding carboxylic acids is 2. The molecular formula is C23H37N3O4. The molecule has 168 valence electrons. The van der Waals surface area contributed by atoms with Crippen LogP contribution in [0, 0.1) is 5.92 Å². The first-order valence-corrected chi connectivity index (χ1v) is 11.0. The topological polar surface area (TPSA) is 79.9 Å². The van der Waals surface area contributed by atoms with Gasteiger partial charge in [0.05, 0.1) is 6.54 Å². The number of nitrogens with one attached hydrogen (secondary N) is 2. The van der Waals surface area contributed by atoms with Crippen molar-refractivity contribution in [1.82, 2.24) is 15.5 Å². The fourth-order valence-corrected chi connectivity index (χ4v) is 3.31. The molecule has 2 N–H and O–H groups in total. The smallest absolute Gasteiger partial charge is 0.239 e. The average molecular weight is 420 g/mol. The maximum atomic E-state index is 12.0. The Bertz CT molecular complexity index is 660. The first-order chi connectivity index (χ1) is 14.4. The summed E-state index contributed by atoms with van der Waals surface area (Å²) in [5.74, 6) is 0.989. The standard InChI is InChI=1S/C23H37N3O4/c1-18(2)7-8-22(27)25-17-23(28)24-16-19-5-4-6-21(15-19)30-14-11-26(3)20-9-12-29-13-10-20/h4-6,15,18,20H,7-14,16-17H2,1-3H3,(H,24,28)(H,25,27). The molecule has 0 spiro atoms. The van der Waals surface area contributed by atoms with Gasteiger partial charge in [0.15, 0.2) is 0 Å². The van der Waals surface area contributed by atoms with Crippen molar-refractivity contribution in [3.8, 4) is 5.75 Å². The molecule has 0 saturated carbocycles. The van der Waals surface area contributed by atoms with Gasteiger partial charge in [-0.15, -0.1) is 0 Å². The molecule has 0 atom stereocenters. The first-order valence-electron chi connectivity index (χ1n) is 11.0. The molecule has 30 heavy (non-hydrogen) atoms. The van der Waals surface area contributed by atoms with E-state index < -0.39 is 0 Å². The molecular weight excluding hydrogens is 382 g/mol. The van der Waals surface area contributed by atoms with Gasteiger partial charge in [-0.3, -0.25) is 14.5 Å². The summed E-state index contributed by atoms with van der Waals surface area (Å²) in [7, 11) is 2.13. The molecule has 7 nitrogen and oxygen atoms in total. The van der Waals surface area contributed by atoms with Gasteiger partial charge in [0, 0.05) is 38.8 Å². The van der Waals surface area contributed by atoms with Crippen molar-refractivity contribution in [1.29, 1.82) is 0 Å². The molecule has 1 saturated heterocycles. The molecule has 0 aromatic heterocycles. The predicted octanol–water partition coefficient (Wildman–Crippen LogP) is 2.34. The van der Waals surface area contributed by atoms with Crippen LogP contribution >= 0.6 is 0 Å². The average Bonchev–Trinajstić information content (AvgIpc) is 2.75. The molecule has 2 amide bonds. The van der Waals surface area contributed by atoms with E-state index in [4.69, 9.17) is 9.47 Å². The van der Waals surface area contributed by atoms with Crippen LogP contribution in [-0.2, 0) is 20.9 Å². The van der Waals surface area contributed by atoms with Crippen LogP contribution in [0.2, 0.25) is 0 Å². The molecule has 1 aliphatic rings. The predicted molar refractivity (Wildman–Crippen MR) is 117 cm³/mol. The maximum Gasteiger partial charge on any atom is 0.239 e. The van der Waals surface area contributed by atoms with Gasteiger partial charge in [-0.05, 0) is 49.9 Å². The van der Waals surface area contributed by atoms with Crippen LogP contribution < -0.4 is 15.4 Å². The van der Waals surface area contributed by atoms with Crippen molar-refractivity contribution in [2.75, 3.05) is 40.0 Å². The Hall–Kier alpha value is -2.12. The number of nitrogens with zero attached hydrogens (tertiary/aromatic N) is 1. The molecule has 7 heteroatoms. The second kappa shape index (κ2) is 13.2. The Morgan fingerprint density at radius 2 is 1.97 bits per heavy atom. The second-order valence-corrected chi connectivity index (χ2v) is 8.31. The summed E-state index contributed by atoms with van der Waals surface area (Å²) in [5, 5.41) is 5.50. The quantitative estimate of drug-likeness (QED) is 0.544. The number of likely N-dealkylation sites (N-methyl/N-ethyl adjacent to an activating group) is 1. The van der Waals surface area contributed by atoms with Gasteiger partial charge in [0.2, 0.25) is 11.8 Å². The van der Waals surface area contributed by atoms with Gasteiger partial charge in [0.25, 0.3) is 0 Å². The van der Waals surface area contributed by atoms with Crippen molar-refractivity contribution in [3.05, 3.63) is 29.8 Å². The molecule has 1 fully saturated rings. The van der Waals surface area contributed by atoms with Crippen molar-refractivity contribution in [2.45, 2.75) is 52.1 Å². The normalized spacial score (nSPS) is 14.7. The molecule has 2 rings (SSSR count). The lowest BCUT2D eigenvalue weighted by Crippen LogP contribution is -2.38. The Kier molecular flexibility index (Phi) is 10.7. The van der Waals surface area contributed by atoms with Crippen molar-refractivity contribution >= 4 is 11.8 Å². The summed E-state index contributed by atoms with van der Waals surface area (Å²) in [5.41, 5.74) is 0.963. The number of hydrogen-bond acceptors (Lipinski definition) is 5. The highest BCUT2D eigenvalue weighted by molar-refractivity contribution is 5.84. The van der Waals surface area contributed by atoms with E-state index in [2.05, 4.69) is 36.4 Å². The van der Waals surface area contributed by atoms with Gasteiger partial charge in [-0.25, -0.2) is 0 Å². The van der Waals surface area contributed by atoms with E-state index in [1.54, 1.807) is 0 Å². The third-order valence-corrected chi connectivity index (χ3v) is 5.31. The summed E-state index contributed by atoms with van der Waals surface area (Å²) in [6, 6.07) is 8.30. The second-order valence-electron chi connectivity index (χ2n) is 8.31. The number of benzene rings is 1. The van der Waals surface area contributed by atoms with Crippen LogP contribution in [0.3, 0.4) is 0 Å². The fraction of sp³-hybridized carbons (Fsp3) is 0.652. The van der Waals surface area contributed by atoms with Crippen LogP contribution in [-0.4, -0.2) is 62.7 Å². The summed E-state index contributed by atoms with van der Waals surface area (Å²) in [4.78, 5) is 26.0. The monoisotopic (exact) mass is 419 g/mol. The van der Waals surface area contributed by atoms with Gasteiger partial charge in [-0.1, -0.05) is 26.0 Å². The number of amides is 2. The lowest BCUT2D eigenvalue weighted by Gasteiger charge is -2.31. The zero-order chi connectivity index (χ0) is 21.8. The third kappa shape index (κ3) is 9.59. The summed E-state index contributed by atoms with van der Waals surface area (Å²) >= 11 is 0. The summed E-state index contributed by atoms with van der Waals surface area (Å²) in [6.45, 7) is 7.71. The Balaban J connectivity index is 1.65. The van der Waals surface area contributed by atoms with E-state index in [1.165, 1.54) is 0 Å². The largest absolute Gasteiger partial charge is 0.492 e. The molecule has 1 heterocycles. The lowest BCUT2D eigenvalue weighted by molar-refractivity contribution is -0.126. The maximum absolute atomic E-state index is 12.0. The van der Waals surface area contributed by atoms with E-state index in [9.17, 15) is 9.59 Å². The van der Waals surface area contributed by atoms with E-state index >= 15 is 0 Å². The highest BCUT2D eigenvalue weighted by atomic mass is 16.5. The fourth-order valence-electron chi connectivity index (χ4n) is 3.31. The van der Waals surface area contributed by atoms with Gasteiger partial charge in [0.1, 0.15) is 12.4 Å². The minimum Gasteiger partial charge on any atom is -0.492 e. The molecule has 1 aliphatic heterocycles. The van der Waals surface area contributed by atoms with Gasteiger partial charge >= 0.3 is 0 Å². The van der Waals surface area contributed by atoms with E-state index in [0.29, 0.717) is 31.5 Å². The minimum absolute atomic E-state index is 0.00562. The molecule has 1 aromatic rings. The van der Waals surface area contributed by atoms with Crippen molar-refractivity contribution in [3.63, 3.8) is 0 Å².